The highest BCUT2D eigenvalue weighted by molar-refractivity contribution is 6.31. The van der Waals surface area contributed by atoms with E-state index >= 15 is 0 Å². The highest BCUT2D eigenvalue weighted by Crippen LogP contribution is 2.34. The van der Waals surface area contributed by atoms with Crippen molar-refractivity contribution in [1.82, 2.24) is 15.5 Å². The number of hydrogen-bond acceptors (Lipinski definition) is 7. The summed E-state index contributed by atoms with van der Waals surface area (Å²) < 4.78 is 17.4. The molecule has 1 unspecified atom stereocenters. The number of amides is 1. The van der Waals surface area contributed by atoms with Crippen molar-refractivity contribution in [3.05, 3.63) is 64.3 Å². The van der Waals surface area contributed by atoms with Crippen LogP contribution in [0.2, 0.25) is 10.0 Å². The molecule has 0 spiro atoms. The Labute approximate surface area is 206 Å². The van der Waals surface area contributed by atoms with Gasteiger partial charge in [0.15, 0.2) is 12.7 Å². The lowest BCUT2D eigenvalue weighted by Gasteiger charge is -2.31. The zero-order chi connectivity index (χ0) is 23.5. The van der Waals surface area contributed by atoms with Crippen LogP contribution in [0, 0.1) is 0 Å². The molecule has 1 atom stereocenters. The van der Waals surface area contributed by atoms with E-state index in [9.17, 15) is 4.79 Å². The fourth-order valence-electron chi connectivity index (χ4n) is 4.23. The quantitative estimate of drug-likeness (QED) is 0.490. The van der Waals surface area contributed by atoms with E-state index in [4.69, 9.17) is 37.1 Å². The summed E-state index contributed by atoms with van der Waals surface area (Å²) in [5.74, 6) is 2.43. The summed E-state index contributed by atoms with van der Waals surface area (Å²) in [5, 5.41) is 15.9. The van der Waals surface area contributed by atoms with Gasteiger partial charge in [0.2, 0.25) is 5.89 Å². The van der Waals surface area contributed by atoms with Crippen LogP contribution in [0.25, 0.3) is 0 Å². The molecule has 2 heterocycles. The Balaban J connectivity index is 1.08. The second kappa shape index (κ2) is 10.1. The minimum atomic E-state index is -0.578. The molecule has 0 radical (unpaired) electrons. The average Bonchev–Trinajstić information content (AvgIpc) is 3.33. The van der Waals surface area contributed by atoms with E-state index in [1.807, 2.05) is 0 Å². The van der Waals surface area contributed by atoms with Crippen LogP contribution in [0.4, 0.5) is 5.69 Å². The number of aromatic nitrogens is 2. The van der Waals surface area contributed by atoms with Gasteiger partial charge < -0.3 is 24.5 Å². The number of anilines is 1. The molecule has 1 fully saturated rings. The van der Waals surface area contributed by atoms with Gasteiger partial charge in [-0.2, -0.15) is 0 Å². The first-order chi connectivity index (χ1) is 16.5. The molecule has 1 aliphatic heterocycles. The summed E-state index contributed by atoms with van der Waals surface area (Å²) in [6.07, 6.45) is 2.81. The molecule has 2 N–H and O–H groups in total. The number of rotatable bonds is 6. The number of hydrogen-bond donors (Lipinski definition) is 2. The maximum absolute atomic E-state index is 12.7. The van der Waals surface area contributed by atoms with Crippen LogP contribution in [0.15, 0.2) is 46.9 Å². The predicted molar refractivity (Wildman–Crippen MR) is 128 cm³/mol. The summed E-state index contributed by atoms with van der Waals surface area (Å²) in [4.78, 5) is 12.7. The van der Waals surface area contributed by atoms with Crippen molar-refractivity contribution < 1.29 is 18.7 Å². The summed E-state index contributed by atoms with van der Waals surface area (Å²) in [7, 11) is 0. The fourth-order valence-corrected chi connectivity index (χ4v) is 4.53. The van der Waals surface area contributed by atoms with Crippen molar-refractivity contribution in [3.8, 4) is 11.5 Å². The second-order valence-corrected chi connectivity index (χ2v) is 9.33. The molecule has 1 saturated carbocycles. The molecule has 3 aromatic rings. The topological polar surface area (TPSA) is 98.5 Å². The van der Waals surface area contributed by atoms with Crippen LogP contribution >= 0.6 is 23.2 Å². The van der Waals surface area contributed by atoms with Gasteiger partial charge in [-0.15, -0.1) is 10.2 Å². The largest absolute Gasteiger partial charge is 0.484 e. The Kier molecular flexibility index (Phi) is 6.78. The third kappa shape index (κ3) is 5.39. The summed E-state index contributed by atoms with van der Waals surface area (Å²) in [5.41, 5.74) is 0.801. The third-order valence-electron chi connectivity index (χ3n) is 6.06. The summed E-state index contributed by atoms with van der Waals surface area (Å²) >= 11 is 11.9. The van der Waals surface area contributed by atoms with Crippen molar-refractivity contribution in [2.24, 2.45) is 0 Å². The molecule has 2 aliphatic rings. The first-order valence-corrected chi connectivity index (χ1v) is 12.0. The van der Waals surface area contributed by atoms with E-state index in [2.05, 4.69) is 20.8 Å². The maximum Gasteiger partial charge on any atom is 0.263 e. The number of carbonyl (C=O) groups is 1. The minimum Gasteiger partial charge on any atom is -0.484 e. The van der Waals surface area contributed by atoms with Crippen LogP contribution < -0.4 is 20.1 Å². The van der Waals surface area contributed by atoms with Gasteiger partial charge in [-0.25, -0.2) is 0 Å². The number of halogens is 2. The molecule has 0 saturated heterocycles. The zero-order valence-electron chi connectivity index (χ0n) is 18.3. The Morgan fingerprint density at radius 3 is 2.62 bits per heavy atom. The van der Waals surface area contributed by atoms with Gasteiger partial charge in [0.25, 0.3) is 11.8 Å². The highest BCUT2D eigenvalue weighted by Gasteiger charge is 2.31. The van der Waals surface area contributed by atoms with Crippen LogP contribution in [0.5, 0.6) is 11.5 Å². The van der Waals surface area contributed by atoms with E-state index in [1.54, 1.807) is 42.5 Å². The molecule has 8 nitrogen and oxygen atoms in total. The molecule has 2 aromatic carbocycles. The van der Waals surface area contributed by atoms with Crippen LogP contribution in [-0.4, -0.2) is 34.8 Å². The normalized spacial score (nSPS) is 21.6. The first-order valence-electron chi connectivity index (χ1n) is 11.2. The maximum atomic E-state index is 12.7. The van der Waals surface area contributed by atoms with Gasteiger partial charge in [0.1, 0.15) is 11.5 Å². The van der Waals surface area contributed by atoms with E-state index in [1.165, 1.54) is 0 Å². The Hall–Kier alpha value is -2.97. The van der Waals surface area contributed by atoms with Gasteiger partial charge in [-0.1, -0.05) is 23.2 Å². The predicted octanol–water partition coefficient (Wildman–Crippen LogP) is 4.97. The molecule has 1 aromatic heterocycles. The summed E-state index contributed by atoms with van der Waals surface area (Å²) in [6, 6.07) is 12.5. The van der Waals surface area contributed by atoms with Gasteiger partial charge in [0, 0.05) is 22.0 Å². The molecule has 1 amide bonds. The van der Waals surface area contributed by atoms with E-state index in [0.29, 0.717) is 39.9 Å². The highest BCUT2D eigenvalue weighted by atomic mass is 35.5. The minimum absolute atomic E-state index is 0.0922. The van der Waals surface area contributed by atoms with Crippen LogP contribution in [0.1, 0.15) is 43.4 Å². The molecule has 10 heteroatoms. The number of fused-ring (bicyclic) bond motifs is 1. The van der Waals surface area contributed by atoms with Crippen LogP contribution in [0.3, 0.4) is 0 Å². The van der Waals surface area contributed by atoms with Gasteiger partial charge in [-0.3, -0.25) is 4.79 Å². The smallest absolute Gasteiger partial charge is 0.263 e. The molecule has 0 bridgehead atoms. The van der Waals surface area contributed by atoms with Gasteiger partial charge in [0.05, 0.1) is 12.2 Å². The number of nitrogens with one attached hydrogen (secondary N) is 2. The van der Waals surface area contributed by atoms with E-state index < -0.39 is 6.10 Å². The van der Waals surface area contributed by atoms with Crippen molar-refractivity contribution in [2.75, 3.05) is 11.9 Å². The SMILES string of the molecule is O=C(NC1CCC(c2nnc(COc3ccc(Cl)cc3)o2)CC1)C1CNc2cc(Cl)ccc2O1. The van der Waals surface area contributed by atoms with Crippen molar-refractivity contribution >= 4 is 34.8 Å². The Bertz CT molecular complexity index is 1150. The third-order valence-corrected chi connectivity index (χ3v) is 6.55. The molecular formula is C24H24Cl2N4O4. The molecule has 1 aliphatic carbocycles. The monoisotopic (exact) mass is 502 g/mol. The van der Waals surface area contributed by atoms with Crippen LogP contribution in [-0.2, 0) is 11.4 Å². The lowest BCUT2D eigenvalue weighted by molar-refractivity contribution is -0.128. The number of carbonyl (C=O) groups excluding carboxylic acids is 1. The lowest BCUT2D eigenvalue weighted by Crippen LogP contribution is -2.48. The standard InChI is InChI=1S/C24H24Cl2N4O4/c25-15-3-8-18(9-4-15)32-13-22-29-30-24(34-22)14-1-6-17(7-2-14)28-23(31)21-12-27-19-11-16(26)5-10-20(19)33-21/h3-5,8-11,14,17,21,27H,1-2,6-7,12-13H2,(H,28,31). The first kappa shape index (κ1) is 22.8. The fraction of sp³-hybridized carbons (Fsp3) is 0.375. The van der Waals surface area contributed by atoms with Gasteiger partial charge >= 0.3 is 0 Å². The molecule has 178 valence electrons. The second-order valence-electron chi connectivity index (χ2n) is 8.46. The number of benzene rings is 2. The number of nitrogens with zero attached hydrogens (tertiary/aromatic N) is 2. The van der Waals surface area contributed by atoms with Crippen molar-refractivity contribution in [1.29, 1.82) is 0 Å². The Morgan fingerprint density at radius 1 is 1.06 bits per heavy atom. The molecule has 5 rings (SSSR count). The van der Waals surface area contributed by atoms with E-state index in [-0.39, 0.29) is 24.5 Å². The number of ether oxygens (including phenoxy) is 2. The zero-order valence-corrected chi connectivity index (χ0v) is 19.8. The average molecular weight is 503 g/mol. The van der Waals surface area contributed by atoms with Crippen molar-refractivity contribution in [2.45, 2.75) is 50.4 Å². The van der Waals surface area contributed by atoms with Gasteiger partial charge in [-0.05, 0) is 68.1 Å². The lowest BCUT2D eigenvalue weighted by atomic mass is 9.86. The molecule has 34 heavy (non-hydrogen) atoms. The summed E-state index contributed by atoms with van der Waals surface area (Å²) in [6.45, 7) is 0.599. The Morgan fingerprint density at radius 2 is 1.82 bits per heavy atom. The van der Waals surface area contributed by atoms with E-state index in [0.717, 1.165) is 31.4 Å². The molecular weight excluding hydrogens is 479 g/mol. The van der Waals surface area contributed by atoms with Crippen molar-refractivity contribution in [3.63, 3.8) is 0 Å².